The van der Waals surface area contributed by atoms with Crippen LogP contribution >= 0.6 is 11.3 Å². The van der Waals surface area contributed by atoms with Crippen molar-refractivity contribution in [1.82, 2.24) is 9.47 Å². The summed E-state index contributed by atoms with van der Waals surface area (Å²) in [6.07, 6.45) is 7.73. The van der Waals surface area contributed by atoms with Crippen LogP contribution in [0.5, 0.6) is 0 Å². The summed E-state index contributed by atoms with van der Waals surface area (Å²) in [5, 5.41) is 0. The number of thiazole rings is 1. The Labute approximate surface area is 129 Å². The highest BCUT2D eigenvalue weighted by Gasteiger charge is 2.25. The summed E-state index contributed by atoms with van der Waals surface area (Å²) in [6, 6.07) is 0. The van der Waals surface area contributed by atoms with Crippen molar-refractivity contribution in [3.8, 4) is 0 Å². The monoisotopic (exact) mass is 308 g/mol. The summed E-state index contributed by atoms with van der Waals surface area (Å²) in [5.74, 6) is 0.830. The third-order valence-corrected chi connectivity index (χ3v) is 5.97. The van der Waals surface area contributed by atoms with E-state index in [4.69, 9.17) is 0 Å². The van der Waals surface area contributed by atoms with Crippen molar-refractivity contribution in [2.24, 2.45) is 5.92 Å². The van der Waals surface area contributed by atoms with Crippen LogP contribution in [0.4, 0.5) is 0 Å². The fourth-order valence-corrected chi connectivity index (χ4v) is 4.65. The lowest BCUT2D eigenvalue weighted by Crippen LogP contribution is -2.39. The highest BCUT2D eigenvalue weighted by atomic mass is 32.1. The first kappa shape index (κ1) is 14.8. The van der Waals surface area contributed by atoms with Gasteiger partial charge in [0.05, 0.1) is 0 Å². The highest BCUT2D eigenvalue weighted by molar-refractivity contribution is 7.09. The van der Waals surface area contributed by atoms with Crippen LogP contribution in [0.1, 0.15) is 49.6 Å². The van der Waals surface area contributed by atoms with Crippen molar-refractivity contribution in [3.05, 3.63) is 20.2 Å². The summed E-state index contributed by atoms with van der Waals surface area (Å²) in [6.45, 7) is 4.19. The molecule has 0 spiro atoms. The number of hydrogen-bond acceptors (Lipinski definition) is 3. The molecule has 0 radical (unpaired) electrons. The average Bonchev–Trinajstić information content (AvgIpc) is 2.83. The molecule has 1 amide bonds. The Balaban J connectivity index is 1.75. The first-order valence-corrected chi connectivity index (χ1v) is 9.00. The molecular weight excluding hydrogens is 284 g/mol. The van der Waals surface area contributed by atoms with Crippen molar-refractivity contribution in [1.29, 1.82) is 0 Å². The van der Waals surface area contributed by atoms with Crippen molar-refractivity contribution in [3.63, 3.8) is 0 Å². The molecule has 21 heavy (non-hydrogen) atoms. The quantitative estimate of drug-likeness (QED) is 0.860. The Kier molecular flexibility index (Phi) is 4.48. The van der Waals surface area contributed by atoms with E-state index in [1.165, 1.54) is 29.1 Å². The molecule has 4 nitrogen and oxygen atoms in total. The van der Waals surface area contributed by atoms with E-state index in [0.29, 0.717) is 5.92 Å². The van der Waals surface area contributed by atoms with E-state index in [9.17, 15) is 9.59 Å². The van der Waals surface area contributed by atoms with Crippen LogP contribution in [-0.2, 0) is 24.2 Å². The Bertz CT molecular complexity index is 569. The highest BCUT2D eigenvalue weighted by Crippen LogP contribution is 2.29. The minimum Gasteiger partial charge on any atom is -0.341 e. The van der Waals surface area contributed by atoms with Gasteiger partial charge in [-0.15, -0.1) is 0 Å². The summed E-state index contributed by atoms with van der Waals surface area (Å²) >= 11 is 1.36. The van der Waals surface area contributed by atoms with Gasteiger partial charge in [-0.25, -0.2) is 0 Å². The molecule has 1 aliphatic carbocycles. The number of hydrogen-bond donors (Lipinski definition) is 0. The van der Waals surface area contributed by atoms with E-state index in [0.717, 1.165) is 50.9 Å². The zero-order chi connectivity index (χ0) is 14.8. The Hall–Kier alpha value is -1.10. The van der Waals surface area contributed by atoms with E-state index in [1.807, 2.05) is 4.90 Å². The molecule has 3 rings (SSSR count). The van der Waals surface area contributed by atoms with Crippen LogP contribution in [0.15, 0.2) is 4.79 Å². The van der Waals surface area contributed by atoms with Gasteiger partial charge in [-0.3, -0.25) is 14.2 Å². The molecule has 0 N–H and O–H groups in total. The number of fused-ring (bicyclic) bond motifs is 1. The van der Waals surface area contributed by atoms with E-state index in [1.54, 1.807) is 4.57 Å². The summed E-state index contributed by atoms with van der Waals surface area (Å²) in [7, 11) is 0. The molecule has 5 heteroatoms. The van der Waals surface area contributed by atoms with Crippen LogP contribution in [0.3, 0.4) is 0 Å². The van der Waals surface area contributed by atoms with Gasteiger partial charge in [0.1, 0.15) is 6.54 Å². The lowest BCUT2D eigenvalue weighted by molar-refractivity contribution is -0.132. The van der Waals surface area contributed by atoms with Crippen LogP contribution in [-0.4, -0.2) is 28.5 Å². The van der Waals surface area contributed by atoms with Gasteiger partial charge in [0, 0.05) is 23.7 Å². The van der Waals surface area contributed by atoms with Gasteiger partial charge in [0.15, 0.2) is 0 Å². The number of likely N-dealkylation sites (tertiary alicyclic amines) is 1. The van der Waals surface area contributed by atoms with Gasteiger partial charge in [0.2, 0.25) is 5.91 Å². The lowest BCUT2D eigenvalue weighted by Gasteiger charge is -2.27. The van der Waals surface area contributed by atoms with Gasteiger partial charge in [-0.1, -0.05) is 24.7 Å². The topological polar surface area (TPSA) is 42.3 Å². The van der Waals surface area contributed by atoms with Crippen molar-refractivity contribution >= 4 is 17.2 Å². The second kappa shape index (κ2) is 6.34. The molecule has 116 valence electrons. The molecule has 1 aromatic rings. The van der Waals surface area contributed by atoms with Gasteiger partial charge in [-0.2, -0.15) is 0 Å². The molecule has 2 aliphatic rings. The zero-order valence-corrected chi connectivity index (χ0v) is 13.6. The Morgan fingerprint density at radius 1 is 1.29 bits per heavy atom. The number of rotatable bonds is 3. The third-order valence-electron chi connectivity index (χ3n) is 4.92. The van der Waals surface area contributed by atoms with Gasteiger partial charge < -0.3 is 4.90 Å². The molecule has 1 aliphatic heterocycles. The molecule has 0 aromatic carbocycles. The third kappa shape index (κ3) is 3.07. The number of carbonyl (C=O) groups excluding carboxylic acids is 1. The van der Waals surface area contributed by atoms with Crippen molar-refractivity contribution in [2.75, 3.05) is 13.1 Å². The van der Waals surface area contributed by atoms with Crippen molar-refractivity contribution in [2.45, 2.75) is 58.4 Å². The fourth-order valence-electron chi connectivity index (χ4n) is 3.51. The average molecular weight is 308 g/mol. The number of carbonyl (C=O) groups is 1. The maximum atomic E-state index is 12.4. The Morgan fingerprint density at radius 2 is 2.05 bits per heavy atom. The molecule has 1 atom stereocenters. The maximum Gasteiger partial charge on any atom is 0.308 e. The summed E-state index contributed by atoms with van der Waals surface area (Å²) < 4.78 is 1.75. The van der Waals surface area contributed by atoms with Crippen LogP contribution < -0.4 is 4.87 Å². The molecule has 1 aromatic heterocycles. The van der Waals surface area contributed by atoms with E-state index >= 15 is 0 Å². The van der Waals surface area contributed by atoms with Crippen LogP contribution in [0.25, 0.3) is 0 Å². The van der Waals surface area contributed by atoms with E-state index in [2.05, 4.69) is 6.92 Å². The zero-order valence-electron chi connectivity index (χ0n) is 12.8. The molecule has 1 unspecified atom stereocenters. The van der Waals surface area contributed by atoms with Crippen molar-refractivity contribution < 1.29 is 4.79 Å². The van der Waals surface area contributed by atoms with E-state index in [-0.39, 0.29) is 17.3 Å². The SMILES string of the molecule is CCC1CCc2c(sc(=O)n2CC(=O)N2CCCCC2)C1. The number of piperidine rings is 1. The first-order valence-electron chi connectivity index (χ1n) is 8.18. The molecule has 0 bridgehead atoms. The van der Waals surface area contributed by atoms with Crippen LogP contribution in [0, 0.1) is 5.92 Å². The predicted molar refractivity (Wildman–Crippen MR) is 84.8 cm³/mol. The van der Waals surface area contributed by atoms with Gasteiger partial charge >= 0.3 is 4.87 Å². The molecule has 1 fully saturated rings. The first-order chi connectivity index (χ1) is 10.2. The van der Waals surface area contributed by atoms with Crippen LogP contribution in [0.2, 0.25) is 0 Å². The summed E-state index contributed by atoms with van der Waals surface area (Å²) in [4.78, 5) is 27.8. The molecule has 2 heterocycles. The Morgan fingerprint density at radius 3 is 2.76 bits per heavy atom. The fraction of sp³-hybridized carbons (Fsp3) is 0.750. The number of amides is 1. The minimum atomic E-state index is 0.0575. The molecule has 0 saturated carbocycles. The molecular formula is C16H24N2O2S. The molecule has 1 saturated heterocycles. The normalized spacial score (nSPS) is 22.1. The number of aromatic nitrogens is 1. The maximum absolute atomic E-state index is 12.4. The van der Waals surface area contributed by atoms with E-state index < -0.39 is 0 Å². The lowest BCUT2D eigenvalue weighted by atomic mass is 9.89. The standard InChI is InChI=1S/C16H24N2O2S/c1-2-12-6-7-13-14(10-12)21-16(20)18(13)11-15(19)17-8-4-3-5-9-17/h12H,2-11H2,1H3. The number of nitrogens with zero attached hydrogens (tertiary/aromatic N) is 2. The minimum absolute atomic E-state index is 0.0575. The van der Waals surface area contributed by atoms with Gasteiger partial charge in [0.25, 0.3) is 0 Å². The smallest absolute Gasteiger partial charge is 0.308 e. The largest absolute Gasteiger partial charge is 0.341 e. The van der Waals surface area contributed by atoms with Gasteiger partial charge in [-0.05, 0) is 44.4 Å². The second-order valence-electron chi connectivity index (χ2n) is 6.28. The predicted octanol–water partition coefficient (Wildman–Crippen LogP) is 2.44. The summed E-state index contributed by atoms with van der Waals surface area (Å²) in [5.41, 5.74) is 1.14. The second-order valence-corrected chi connectivity index (χ2v) is 7.33.